The van der Waals surface area contributed by atoms with E-state index < -0.39 is 0 Å². The average Bonchev–Trinajstić information content (AvgIpc) is 2.47. The summed E-state index contributed by atoms with van der Waals surface area (Å²) in [5, 5.41) is 3.60. The molecule has 0 aromatic carbocycles. The molecule has 0 spiro atoms. The van der Waals surface area contributed by atoms with Crippen LogP contribution in [0.2, 0.25) is 0 Å². The number of hydrogen-bond acceptors (Lipinski definition) is 4. The Morgan fingerprint density at radius 3 is 2.90 bits per heavy atom. The summed E-state index contributed by atoms with van der Waals surface area (Å²) in [7, 11) is 2.18. The fourth-order valence-corrected chi connectivity index (χ4v) is 3.05. The molecule has 0 bridgehead atoms. The Balaban J connectivity index is 1.93. The Kier molecular flexibility index (Phi) is 6.15. The van der Waals surface area contributed by atoms with Gasteiger partial charge in [0.1, 0.15) is 0 Å². The lowest BCUT2D eigenvalue weighted by atomic mass is 9.81. The van der Waals surface area contributed by atoms with E-state index in [2.05, 4.69) is 48.2 Å². The fourth-order valence-electron chi connectivity index (χ4n) is 3.05. The summed E-state index contributed by atoms with van der Waals surface area (Å²) in [6, 6.07) is 6.62. The molecule has 1 aliphatic rings. The monoisotopic (exact) mass is 291 g/mol. The van der Waals surface area contributed by atoms with E-state index in [4.69, 9.17) is 4.74 Å². The molecule has 1 saturated heterocycles. The predicted octanol–water partition coefficient (Wildman–Crippen LogP) is 2.31. The van der Waals surface area contributed by atoms with Crippen molar-refractivity contribution in [2.45, 2.75) is 39.3 Å². The van der Waals surface area contributed by atoms with Crippen LogP contribution in [-0.4, -0.2) is 49.3 Å². The van der Waals surface area contributed by atoms with Gasteiger partial charge < -0.3 is 10.1 Å². The lowest BCUT2D eigenvalue weighted by molar-refractivity contribution is -0.0246. The molecule has 1 N–H and O–H groups in total. The number of rotatable bonds is 7. The minimum Gasteiger partial charge on any atom is -0.381 e. The van der Waals surface area contributed by atoms with E-state index in [-0.39, 0.29) is 5.41 Å². The van der Waals surface area contributed by atoms with E-state index in [0.29, 0.717) is 6.04 Å². The van der Waals surface area contributed by atoms with Crippen molar-refractivity contribution in [1.29, 1.82) is 0 Å². The normalized spacial score (nSPS) is 22.9. The Labute approximate surface area is 128 Å². The molecule has 4 heteroatoms. The molecular formula is C17H29N3O. The van der Waals surface area contributed by atoms with Gasteiger partial charge in [0.2, 0.25) is 0 Å². The van der Waals surface area contributed by atoms with Crippen LogP contribution >= 0.6 is 0 Å². The summed E-state index contributed by atoms with van der Waals surface area (Å²) in [6.45, 7) is 9.14. The fraction of sp³-hybridized carbons (Fsp3) is 0.706. The predicted molar refractivity (Wildman–Crippen MR) is 86.2 cm³/mol. The van der Waals surface area contributed by atoms with Crippen LogP contribution in [0.3, 0.4) is 0 Å². The highest BCUT2D eigenvalue weighted by Crippen LogP contribution is 2.29. The van der Waals surface area contributed by atoms with E-state index in [0.717, 1.165) is 45.0 Å². The highest BCUT2D eigenvalue weighted by molar-refractivity contribution is 5.03. The molecule has 1 unspecified atom stereocenters. The molecule has 1 aliphatic heterocycles. The van der Waals surface area contributed by atoms with Gasteiger partial charge in [-0.15, -0.1) is 0 Å². The first-order valence-electron chi connectivity index (χ1n) is 7.99. The Morgan fingerprint density at radius 2 is 2.29 bits per heavy atom. The molecule has 1 aromatic rings. The SMILES string of the molecule is CC(C)NCC1(CN(C)Cc2ccccn2)CCCOC1. The molecule has 0 aliphatic carbocycles. The minimum absolute atomic E-state index is 0.228. The van der Waals surface area contributed by atoms with Crippen LogP contribution in [0.4, 0.5) is 0 Å². The highest BCUT2D eigenvalue weighted by Gasteiger charge is 2.34. The molecule has 0 radical (unpaired) electrons. The quantitative estimate of drug-likeness (QED) is 0.836. The Morgan fingerprint density at radius 1 is 1.43 bits per heavy atom. The van der Waals surface area contributed by atoms with Crippen LogP contribution in [0, 0.1) is 5.41 Å². The van der Waals surface area contributed by atoms with Crippen molar-refractivity contribution >= 4 is 0 Å². The molecule has 1 aromatic heterocycles. The van der Waals surface area contributed by atoms with Crippen LogP contribution in [-0.2, 0) is 11.3 Å². The molecule has 1 atom stereocenters. The summed E-state index contributed by atoms with van der Waals surface area (Å²) in [5.41, 5.74) is 1.36. The summed E-state index contributed by atoms with van der Waals surface area (Å²) < 4.78 is 5.79. The molecule has 0 amide bonds. The van der Waals surface area contributed by atoms with E-state index in [1.165, 1.54) is 6.42 Å². The van der Waals surface area contributed by atoms with Gasteiger partial charge in [-0.25, -0.2) is 0 Å². The maximum Gasteiger partial charge on any atom is 0.0546 e. The third-order valence-electron chi connectivity index (χ3n) is 4.05. The first kappa shape index (κ1) is 16.4. The first-order chi connectivity index (χ1) is 10.1. The van der Waals surface area contributed by atoms with Crippen LogP contribution < -0.4 is 5.32 Å². The van der Waals surface area contributed by atoms with Gasteiger partial charge in [-0.3, -0.25) is 9.88 Å². The lowest BCUT2D eigenvalue weighted by Crippen LogP contribution is -2.49. The topological polar surface area (TPSA) is 37.4 Å². The van der Waals surface area contributed by atoms with Gasteiger partial charge in [0.25, 0.3) is 0 Å². The van der Waals surface area contributed by atoms with Crippen molar-refractivity contribution in [1.82, 2.24) is 15.2 Å². The van der Waals surface area contributed by atoms with E-state index >= 15 is 0 Å². The summed E-state index contributed by atoms with van der Waals surface area (Å²) in [6.07, 6.45) is 4.26. The first-order valence-corrected chi connectivity index (χ1v) is 7.99. The summed E-state index contributed by atoms with van der Waals surface area (Å²) in [4.78, 5) is 6.79. The van der Waals surface area contributed by atoms with Crippen molar-refractivity contribution in [3.63, 3.8) is 0 Å². The maximum atomic E-state index is 5.79. The minimum atomic E-state index is 0.228. The molecule has 1 fully saturated rings. The number of hydrogen-bond donors (Lipinski definition) is 1. The van der Waals surface area contributed by atoms with Gasteiger partial charge in [0.15, 0.2) is 0 Å². The van der Waals surface area contributed by atoms with E-state index in [1.807, 2.05) is 12.3 Å². The molecule has 2 heterocycles. The average molecular weight is 291 g/mol. The van der Waals surface area contributed by atoms with Crippen molar-refractivity contribution in [3.05, 3.63) is 30.1 Å². The Hall–Kier alpha value is -0.970. The van der Waals surface area contributed by atoms with Gasteiger partial charge in [0.05, 0.1) is 12.3 Å². The molecule has 21 heavy (non-hydrogen) atoms. The van der Waals surface area contributed by atoms with Gasteiger partial charge in [0, 0.05) is 43.9 Å². The number of aromatic nitrogens is 1. The van der Waals surface area contributed by atoms with Crippen molar-refractivity contribution in [2.75, 3.05) is 33.4 Å². The standard InChI is InChI=1S/C17H29N3O/c1-15(2)19-12-17(8-6-10-21-14-17)13-20(3)11-16-7-4-5-9-18-16/h4-5,7,9,15,19H,6,8,10-14H2,1-3H3. The zero-order chi connectivity index (χ0) is 15.1. The number of ether oxygens (including phenoxy) is 1. The smallest absolute Gasteiger partial charge is 0.0546 e. The van der Waals surface area contributed by atoms with Crippen LogP contribution in [0.5, 0.6) is 0 Å². The van der Waals surface area contributed by atoms with Gasteiger partial charge in [-0.2, -0.15) is 0 Å². The summed E-state index contributed by atoms with van der Waals surface area (Å²) in [5.74, 6) is 0. The van der Waals surface area contributed by atoms with Crippen LogP contribution in [0.15, 0.2) is 24.4 Å². The van der Waals surface area contributed by atoms with E-state index in [9.17, 15) is 0 Å². The zero-order valence-electron chi connectivity index (χ0n) is 13.6. The van der Waals surface area contributed by atoms with Crippen molar-refractivity contribution in [3.8, 4) is 0 Å². The van der Waals surface area contributed by atoms with Gasteiger partial charge in [-0.1, -0.05) is 19.9 Å². The summed E-state index contributed by atoms with van der Waals surface area (Å²) >= 11 is 0. The second-order valence-corrected chi connectivity index (χ2v) is 6.69. The lowest BCUT2D eigenvalue weighted by Gasteiger charge is -2.40. The van der Waals surface area contributed by atoms with Crippen LogP contribution in [0.1, 0.15) is 32.4 Å². The molecule has 118 valence electrons. The highest BCUT2D eigenvalue weighted by atomic mass is 16.5. The van der Waals surface area contributed by atoms with Gasteiger partial charge in [-0.05, 0) is 32.0 Å². The molecule has 0 saturated carbocycles. The molecule has 4 nitrogen and oxygen atoms in total. The maximum absolute atomic E-state index is 5.79. The second kappa shape index (κ2) is 7.87. The number of nitrogens with zero attached hydrogens (tertiary/aromatic N) is 2. The molecular weight excluding hydrogens is 262 g/mol. The number of pyridine rings is 1. The van der Waals surface area contributed by atoms with Crippen molar-refractivity contribution < 1.29 is 4.74 Å². The van der Waals surface area contributed by atoms with Crippen molar-refractivity contribution in [2.24, 2.45) is 5.41 Å². The molecule has 2 rings (SSSR count). The largest absolute Gasteiger partial charge is 0.381 e. The number of nitrogens with one attached hydrogen (secondary N) is 1. The Bertz CT molecular complexity index is 402. The van der Waals surface area contributed by atoms with Crippen LogP contribution in [0.25, 0.3) is 0 Å². The van der Waals surface area contributed by atoms with E-state index in [1.54, 1.807) is 0 Å². The third-order valence-corrected chi connectivity index (χ3v) is 4.05. The second-order valence-electron chi connectivity index (χ2n) is 6.69. The zero-order valence-corrected chi connectivity index (χ0v) is 13.6. The van der Waals surface area contributed by atoms with Gasteiger partial charge >= 0.3 is 0 Å². The third kappa shape index (κ3) is 5.38.